The molecule has 0 aliphatic rings. The fourth-order valence-corrected chi connectivity index (χ4v) is 5.13. The molecule has 9 nitrogen and oxygen atoms in total. The van der Waals surface area contributed by atoms with E-state index in [1.807, 2.05) is 0 Å². The van der Waals surface area contributed by atoms with Crippen LogP contribution >= 0.6 is 0 Å². The number of benzene rings is 4. The van der Waals surface area contributed by atoms with E-state index in [1.165, 1.54) is 24.3 Å². The molecular formula is C28H22F3NO8S2. The molecule has 0 aromatic heterocycles. The highest BCUT2D eigenvalue weighted by atomic mass is 32.2. The van der Waals surface area contributed by atoms with Gasteiger partial charge in [-0.05, 0) is 67.6 Å². The summed E-state index contributed by atoms with van der Waals surface area (Å²) in [6.45, 7) is 1.76. The van der Waals surface area contributed by atoms with E-state index in [-0.39, 0.29) is 22.1 Å². The van der Waals surface area contributed by atoms with Crippen molar-refractivity contribution in [2.24, 2.45) is 5.16 Å². The molecule has 0 N–H and O–H groups in total. The molecule has 220 valence electrons. The molecule has 0 bridgehead atoms. The van der Waals surface area contributed by atoms with E-state index in [0.29, 0.717) is 5.75 Å². The van der Waals surface area contributed by atoms with Gasteiger partial charge in [-0.15, -0.1) is 0 Å². The lowest BCUT2D eigenvalue weighted by Gasteiger charge is -2.13. The molecule has 0 fully saturated rings. The molecular weight excluding hydrogens is 599 g/mol. The predicted octanol–water partition coefficient (Wildman–Crippen LogP) is 6.24. The Morgan fingerprint density at radius 2 is 1.31 bits per heavy atom. The van der Waals surface area contributed by atoms with Crippen molar-refractivity contribution in [3.05, 3.63) is 108 Å². The molecule has 0 radical (unpaired) electrons. The van der Waals surface area contributed by atoms with Crippen LogP contribution in [0.1, 0.15) is 11.1 Å². The number of halogens is 3. The second-order valence-electron chi connectivity index (χ2n) is 8.57. The number of ether oxygens (including phenoxy) is 2. The van der Waals surface area contributed by atoms with Crippen LogP contribution in [0.3, 0.4) is 0 Å². The normalized spacial score (nSPS) is 12.5. The third kappa shape index (κ3) is 7.39. The molecule has 0 saturated carbocycles. The minimum absolute atomic E-state index is 0.163. The summed E-state index contributed by atoms with van der Waals surface area (Å²) in [4.78, 5) is -0.833. The highest BCUT2D eigenvalue weighted by molar-refractivity contribution is 7.87. The molecule has 0 unspecified atom stereocenters. The molecule has 42 heavy (non-hydrogen) atoms. The van der Waals surface area contributed by atoms with Gasteiger partial charge in [0.05, 0.1) is 7.11 Å². The van der Waals surface area contributed by atoms with Crippen molar-refractivity contribution >= 4 is 25.9 Å². The lowest BCUT2D eigenvalue weighted by Crippen LogP contribution is -2.25. The number of para-hydroxylation sites is 1. The Labute approximate surface area is 240 Å². The van der Waals surface area contributed by atoms with Gasteiger partial charge in [0, 0.05) is 11.6 Å². The van der Waals surface area contributed by atoms with Gasteiger partial charge in [0.1, 0.15) is 21.3 Å². The first-order chi connectivity index (χ1) is 19.8. The van der Waals surface area contributed by atoms with Crippen LogP contribution in [0.2, 0.25) is 0 Å². The fraction of sp³-hybridized carbons (Fsp3) is 0.107. The SMILES string of the molecule is COc1cc(S(=O)(=O)O/N=C(/c2ccc(Oc3ccccc3)cc2)C(F)(F)F)ccc1OS(=O)(=O)c1ccc(C)cc1. The fourth-order valence-electron chi connectivity index (χ4n) is 3.45. The van der Waals surface area contributed by atoms with Crippen LogP contribution in [0.5, 0.6) is 23.0 Å². The minimum atomic E-state index is -5.09. The van der Waals surface area contributed by atoms with E-state index < -0.39 is 42.6 Å². The number of hydrogen-bond donors (Lipinski definition) is 0. The largest absolute Gasteiger partial charge is 0.493 e. The molecule has 4 rings (SSSR count). The van der Waals surface area contributed by atoms with E-state index in [9.17, 15) is 30.0 Å². The predicted molar refractivity (Wildman–Crippen MR) is 146 cm³/mol. The van der Waals surface area contributed by atoms with Crippen LogP contribution in [0, 0.1) is 6.92 Å². The maximum atomic E-state index is 13.8. The van der Waals surface area contributed by atoms with Crippen molar-refractivity contribution in [3.63, 3.8) is 0 Å². The molecule has 0 spiro atoms. The topological polar surface area (TPSA) is 118 Å². The maximum Gasteiger partial charge on any atom is 0.437 e. The smallest absolute Gasteiger partial charge is 0.437 e. The van der Waals surface area contributed by atoms with Crippen LogP contribution in [0.25, 0.3) is 0 Å². The summed E-state index contributed by atoms with van der Waals surface area (Å²) in [5.41, 5.74) is -1.29. The van der Waals surface area contributed by atoms with Gasteiger partial charge in [0.25, 0.3) is 0 Å². The summed E-state index contributed by atoms with van der Waals surface area (Å²) < 4.78 is 112. The third-order valence-corrected chi connectivity index (χ3v) is 7.89. The van der Waals surface area contributed by atoms with Crippen LogP contribution in [-0.2, 0) is 24.5 Å². The van der Waals surface area contributed by atoms with Crippen LogP contribution in [0.15, 0.2) is 112 Å². The summed E-state index contributed by atoms with van der Waals surface area (Å²) in [6.07, 6.45) is -5.09. The minimum Gasteiger partial charge on any atom is -0.493 e. The zero-order valence-electron chi connectivity index (χ0n) is 21.9. The molecule has 0 aliphatic heterocycles. The van der Waals surface area contributed by atoms with Crippen molar-refractivity contribution in [1.82, 2.24) is 0 Å². The Balaban J connectivity index is 1.56. The lowest BCUT2D eigenvalue weighted by atomic mass is 10.1. The highest BCUT2D eigenvalue weighted by Gasteiger charge is 2.38. The van der Waals surface area contributed by atoms with E-state index in [4.69, 9.17) is 13.7 Å². The van der Waals surface area contributed by atoms with Crippen molar-refractivity contribution in [2.45, 2.75) is 22.9 Å². The van der Waals surface area contributed by atoms with Crippen LogP contribution in [-0.4, -0.2) is 35.8 Å². The van der Waals surface area contributed by atoms with E-state index >= 15 is 0 Å². The van der Waals surface area contributed by atoms with Gasteiger partial charge in [-0.2, -0.15) is 30.0 Å². The average molecular weight is 622 g/mol. The van der Waals surface area contributed by atoms with E-state index in [0.717, 1.165) is 43.0 Å². The summed E-state index contributed by atoms with van der Waals surface area (Å²) in [5, 5.41) is 2.91. The van der Waals surface area contributed by atoms with Crippen molar-refractivity contribution in [1.29, 1.82) is 0 Å². The van der Waals surface area contributed by atoms with E-state index in [1.54, 1.807) is 49.4 Å². The first-order valence-electron chi connectivity index (χ1n) is 11.9. The Bertz CT molecular complexity index is 1790. The average Bonchev–Trinajstić information content (AvgIpc) is 2.94. The molecule has 0 aliphatic carbocycles. The van der Waals surface area contributed by atoms with Gasteiger partial charge >= 0.3 is 26.4 Å². The van der Waals surface area contributed by atoms with Gasteiger partial charge in [-0.1, -0.05) is 41.1 Å². The molecule has 4 aromatic rings. The first kappa shape index (κ1) is 30.4. The molecule has 4 aromatic carbocycles. The zero-order valence-corrected chi connectivity index (χ0v) is 23.5. The van der Waals surface area contributed by atoms with Gasteiger partial charge in [-0.3, -0.25) is 4.28 Å². The molecule has 0 amide bonds. The number of aryl methyl sites for hydroxylation is 1. The van der Waals surface area contributed by atoms with Gasteiger partial charge in [-0.25, -0.2) is 0 Å². The van der Waals surface area contributed by atoms with Crippen LogP contribution < -0.4 is 13.7 Å². The monoisotopic (exact) mass is 621 g/mol. The number of hydrogen-bond acceptors (Lipinski definition) is 9. The molecule has 14 heteroatoms. The first-order valence-corrected chi connectivity index (χ1v) is 14.7. The van der Waals surface area contributed by atoms with Crippen LogP contribution in [0.4, 0.5) is 13.2 Å². The van der Waals surface area contributed by atoms with Crippen molar-refractivity contribution < 1.29 is 47.9 Å². The molecule has 0 atom stereocenters. The number of oxime groups is 1. The van der Waals surface area contributed by atoms with Crippen molar-refractivity contribution in [3.8, 4) is 23.0 Å². The standard InChI is InChI=1S/C28H22F3NO8S2/c1-19-8-14-23(15-9-19)41(33,34)39-25-17-16-24(18-26(25)37-2)42(35,36)40-32-27(28(29,30)31)20-10-12-22(13-11-20)38-21-6-4-3-5-7-21/h3-18H,1-2H3/b32-27-. The summed E-state index contributed by atoms with van der Waals surface area (Å²) in [7, 11) is -8.12. The molecule has 0 heterocycles. The summed E-state index contributed by atoms with van der Waals surface area (Å²) in [5.74, 6) is -0.0125. The third-order valence-electron chi connectivity index (χ3n) is 5.53. The Hall–Kier alpha value is -4.56. The lowest BCUT2D eigenvalue weighted by molar-refractivity contribution is -0.0597. The van der Waals surface area contributed by atoms with Gasteiger partial charge < -0.3 is 13.7 Å². The number of alkyl halides is 3. The van der Waals surface area contributed by atoms with Gasteiger partial charge in [0.15, 0.2) is 17.2 Å². The zero-order chi connectivity index (χ0) is 30.5. The summed E-state index contributed by atoms with van der Waals surface area (Å²) in [6, 6.07) is 21.6. The van der Waals surface area contributed by atoms with Crippen molar-refractivity contribution in [2.75, 3.05) is 7.11 Å². The molecule has 0 saturated heterocycles. The second kappa shape index (κ2) is 12.1. The number of methoxy groups -OCH3 is 1. The Morgan fingerprint density at radius 3 is 1.90 bits per heavy atom. The Kier molecular flexibility index (Phi) is 8.78. The van der Waals surface area contributed by atoms with E-state index in [2.05, 4.69) is 9.44 Å². The quantitative estimate of drug-likeness (QED) is 0.116. The maximum absolute atomic E-state index is 13.8. The number of rotatable bonds is 10. The van der Waals surface area contributed by atoms with Gasteiger partial charge in [0.2, 0.25) is 0 Å². The highest BCUT2D eigenvalue weighted by Crippen LogP contribution is 2.33. The second-order valence-corrected chi connectivity index (χ2v) is 11.6. The Morgan fingerprint density at radius 1 is 0.714 bits per heavy atom. The summed E-state index contributed by atoms with van der Waals surface area (Å²) >= 11 is 0. The number of nitrogens with zero attached hydrogens (tertiary/aromatic N) is 1.